The molecule has 146 valence electrons. The Morgan fingerprint density at radius 2 is 1.82 bits per heavy atom. The van der Waals surface area contributed by atoms with Crippen LogP contribution in [0.5, 0.6) is 5.75 Å². The Bertz CT molecular complexity index is 935. The molecule has 0 saturated heterocycles. The predicted octanol–water partition coefficient (Wildman–Crippen LogP) is 4.92. The summed E-state index contributed by atoms with van der Waals surface area (Å²) in [6.07, 6.45) is 0. The van der Waals surface area contributed by atoms with Gasteiger partial charge in [-0.15, -0.1) is 0 Å². The van der Waals surface area contributed by atoms with E-state index in [9.17, 15) is 0 Å². The zero-order valence-electron chi connectivity index (χ0n) is 16.1. The van der Waals surface area contributed by atoms with Crippen molar-refractivity contribution in [1.82, 2.24) is 9.97 Å². The number of nitrogens with zero attached hydrogens (tertiary/aromatic N) is 2. The molecule has 0 radical (unpaired) electrons. The third-order valence-electron chi connectivity index (χ3n) is 4.14. The SMILES string of the molecule is COCCNc1cc(-c2ccccc2)nc(Nc2cc(C)c(Cl)cc2OC)n1. The van der Waals surface area contributed by atoms with Crippen molar-refractivity contribution in [3.63, 3.8) is 0 Å². The summed E-state index contributed by atoms with van der Waals surface area (Å²) in [4.78, 5) is 9.25. The highest BCUT2D eigenvalue weighted by Crippen LogP contribution is 2.33. The average molecular weight is 399 g/mol. The van der Waals surface area contributed by atoms with Gasteiger partial charge in [0.15, 0.2) is 0 Å². The van der Waals surface area contributed by atoms with E-state index in [0.717, 1.165) is 22.5 Å². The van der Waals surface area contributed by atoms with Crippen molar-refractivity contribution in [2.24, 2.45) is 0 Å². The molecule has 0 atom stereocenters. The first-order chi connectivity index (χ1) is 13.6. The van der Waals surface area contributed by atoms with Crippen molar-refractivity contribution < 1.29 is 9.47 Å². The number of aromatic nitrogens is 2. The minimum atomic E-state index is 0.460. The van der Waals surface area contributed by atoms with E-state index in [1.807, 2.05) is 49.4 Å². The second-order valence-electron chi connectivity index (χ2n) is 6.17. The number of hydrogen-bond acceptors (Lipinski definition) is 6. The monoisotopic (exact) mass is 398 g/mol. The van der Waals surface area contributed by atoms with Gasteiger partial charge in [-0.2, -0.15) is 4.98 Å². The molecular weight excluding hydrogens is 376 g/mol. The molecule has 0 saturated carbocycles. The van der Waals surface area contributed by atoms with Gasteiger partial charge in [-0.1, -0.05) is 41.9 Å². The Morgan fingerprint density at radius 1 is 1.04 bits per heavy atom. The molecule has 3 rings (SSSR count). The standard InChI is InChI=1S/C21H23ClN4O2/c1-14-11-18(19(28-3)12-16(14)22)25-21-24-17(15-7-5-4-6-8-15)13-20(26-21)23-9-10-27-2/h4-8,11-13H,9-10H2,1-3H3,(H2,23,24,25,26). The molecule has 0 amide bonds. The first-order valence-electron chi connectivity index (χ1n) is 8.89. The molecule has 3 aromatic rings. The van der Waals surface area contributed by atoms with Gasteiger partial charge in [0.05, 0.1) is 25.1 Å². The zero-order valence-corrected chi connectivity index (χ0v) is 16.9. The molecule has 0 bridgehead atoms. The lowest BCUT2D eigenvalue weighted by atomic mass is 10.1. The number of halogens is 1. The third-order valence-corrected chi connectivity index (χ3v) is 4.54. The lowest BCUT2D eigenvalue weighted by Gasteiger charge is -2.14. The molecule has 1 heterocycles. The van der Waals surface area contributed by atoms with Gasteiger partial charge in [0, 0.05) is 36.4 Å². The van der Waals surface area contributed by atoms with E-state index in [0.29, 0.717) is 35.7 Å². The maximum atomic E-state index is 6.21. The van der Waals surface area contributed by atoms with Crippen LogP contribution in [0.1, 0.15) is 5.56 Å². The van der Waals surface area contributed by atoms with Gasteiger partial charge in [0.1, 0.15) is 11.6 Å². The van der Waals surface area contributed by atoms with Crippen LogP contribution in [0.4, 0.5) is 17.5 Å². The summed E-state index contributed by atoms with van der Waals surface area (Å²) >= 11 is 6.21. The number of nitrogens with one attached hydrogen (secondary N) is 2. The van der Waals surface area contributed by atoms with Crippen LogP contribution in [0.15, 0.2) is 48.5 Å². The Hall–Kier alpha value is -2.83. The van der Waals surface area contributed by atoms with Crippen LogP contribution < -0.4 is 15.4 Å². The topological polar surface area (TPSA) is 68.3 Å². The molecule has 0 spiro atoms. The van der Waals surface area contributed by atoms with Gasteiger partial charge in [0.25, 0.3) is 0 Å². The fourth-order valence-electron chi connectivity index (χ4n) is 2.68. The highest BCUT2D eigenvalue weighted by molar-refractivity contribution is 6.31. The van der Waals surface area contributed by atoms with Crippen LogP contribution in [0.2, 0.25) is 5.02 Å². The summed E-state index contributed by atoms with van der Waals surface area (Å²) < 4.78 is 10.6. The lowest BCUT2D eigenvalue weighted by molar-refractivity contribution is 0.210. The minimum Gasteiger partial charge on any atom is -0.495 e. The van der Waals surface area contributed by atoms with Gasteiger partial charge < -0.3 is 20.1 Å². The van der Waals surface area contributed by atoms with Crippen LogP contribution in [0.3, 0.4) is 0 Å². The summed E-state index contributed by atoms with van der Waals surface area (Å²) in [5.74, 6) is 1.79. The molecule has 6 nitrogen and oxygen atoms in total. The first-order valence-corrected chi connectivity index (χ1v) is 9.27. The Labute approximate surface area is 169 Å². The molecule has 0 aliphatic rings. The number of hydrogen-bond donors (Lipinski definition) is 2. The molecule has 2 aromatic carbocycles. The van der Waals surface area contributed by atoms with Crippen molar-refractivity contribution in [3.8, 4) is 17.0 Å². The highest BCUT2D eigenvalue weighted by Gasteiger charge is 2.11. The minimum absolute atomic E-state index is 0.460. The van der Waals surface area contributed by atoms with Gasteiger partial charge in [-0.3, -0.25) is 0 Å². The predicted molar refractivity (Wildman–Crippen MR) is 114 cm³/mol. The molecule has 7 heteroatoms. The van der Waals surface area contributed by atoms with E-state index in [1.165, 1.54) is 0 Å². The maximum Gasteiger partial charge on any atom is 0.229 e. The van der Waals surface area contributed by atoms with Gasteiger partial charge >= 0.3 is 0 Å². The zero-order chi connectivity index (χ0) is 19.9. The van der Waals surface area contributed by atoms with Crippen molar-refractivity contribution in [2.45, 2.75) is 6.92 Å². The van der Waals surface area contributed by atoms with Crippen LogP contribution in [-0.2, 0) is 4.74 Å². The smallest absolute Gasteiger partial charge is 0.229 e. The number of benzene rings is 2. The van der Waals surface area contributed by atoms with E-state index in [-0.39, 0.29) is 0 Å². The molecule has 28 heavy (non-hydrogen) atoms. The average Bonchev–Trinajstić information content (AvgIpc) is 2.71. The van der Waals surface area contributed by atoms with Gasteiger partial charge in [-0.05, 0) is 18.6 Å². The summed E-state index contributed by atoms with van der Waals surface area (Å²) in [5.41, 5.74) is 3.49. The molecule has 0 aliphatic carbocycles. The molecule has 0 aliphatic heterocycles. The van der Waals surface area contributed by atoms with Crippen molar-refractivity contribution >= 4 is 29.1 Å². The largest absolute Gasteiger partial charge is 0.495 e. The number of ether oxygens (including phenoxy) is 2. The second kappa shape index (κ2) is 9.39. The number of rotatable bonds is 8. The van der Waals surface area contributed by atoms with Crippen LogP contribution >= 0.6 is 11.6 Å². The van der Waals surface area contributed by atoms with E-state index in [4.69, 9.17) is 21.1 Å². The van der Waals surface area contributed by atoms with Crippen molar-refractivity contribution in [1.29, 1.82) is 0 Å². The third kappa shape index (κ3) is 4.91. The van der Waals surface area contributed by atoms with E-state index in [1.54, 1.807) is 20.3 Å². The fourth-order valence-corrected chi connectivity index (χ4v) is 2.84. The van der Waals surface area contributed by atoms with E-state index >= 15 is 0 Å². The first kappa shape index (κ1) is 19.9. The van der Waals surface area contributed by atoms with Crippen LogP contribution in [0.25, 0.3) is 11.3 Å². The molecule has 2 N–H and O–H groups in total. The normalized spacial score (nSPS) is 10.6. The fraction of sp³-hybridized carbons (Fsp3) is 0.238. The van der Waals surface area contributed by atoms with E-state index in [2.05, 4.69) is 20.6 Å². The lowest BCUT2D eigenvalue weighted by Crippen LogP contribution is -2.10. The van der Waals surface area contributed by atoms with E-state index < -0.39 is 0 Å². The van der Waals surface area contributed by atoms with Gasteiger partial charge in [0.2, 0.25) is 5.95 Å². The van der Waals surface area contributed by atoms with Crippen molar-refractivity contribution in [3.05, 3.63) is 59.1 Å². The summed E-state index contributed by atoms with van der Waals surface area (Å²) in [6, 6.07) is 15.6. The second-order valence-corrected chi connectivity index (χ2v) is 6.58. The quantitative estimate of drug-likeness (QED) is 0.525. The number of methoxy groups -OCH3 is 2. The summed E-state index contributed by atoms with van der Waals surface area (Å²) in [6.45, 7) is 3.16. The number of anilines is 3. The maximum absolute atomic E-state index is 6.21. The van der Waals surface area contributed by atoms with Crippen molar-refractivity contribution in [2.75, 3.05) is 38.0 Å². The molecular formula is C21H23ClN4O2. The molecule has 0 fully saturated rings. The van der Waals surface area contributed by atoms with Gasteiger partial charge in [-0.25, -0.2) is 4.98 Å². The Kier molecular flexibility index (Phi) is 6.68. The highest BCUT2D eigenvalue weighted by atomic mass is 35.5. The molecule has 0 unspecified atom stereocenters. The molecule has 1 aromatic heterocycles. The summed E-state index contributed by atoms with van der Waals surface area (Å²) in [7, 11) is 3.27. The number of aryl methyl sites for hydroxylation is 1. The summed E-state index contributed by atoms with van der Waals surface area (Å²) in [5, 5.41) is 7.16. The van der Waals surface area contributed by atoms with Crippen LogP contribution in [-0.4, -0.2) is 37.3 Å². The van der Waals surface area contributed by atoms with Crippen LogP contribution in [0, 0.1) is 6.92 Å². The Morgan fingerprint density at radius 3 is 2.54 bits per heavy atom. The Balaban J connectivity index is 1.97.